The van der Waals surface area contributed by atoms with Crippen LogP contribution in [0.2, 0.25) is 0 Å². The van der Waals surface area contributed by atoms with Crippen LogP contribution in [0.3, 0.4) is 0 Å². The van der Waals surface area contributed by atoms with Crippen LogP contribution in [0.4, 0.5) is 4.39 Å². The molecule has 2 aromatic rings. The largest absolute Gasteiger partial charge is 0.337 e. The summed E-state index contributed by atoms with van der Waals surface area (Å²) in [5, 5.41) is 0. The summed E-state index contributed by atoms with van der Waals surface area (Å²) in [6.45, 7) is 3.09. The number of hydrogen-bond acceptors (Lipinski definition) is 2. The zero-order valence-electron chi connectivity index (χ0n) is 13.2. The number of halogens is 2. The Hall–Kier alpha value is -1.91. The Morgan fingerprint density at radius 2 is 1.83 bits per heavy atom. The number of nitrogens with two attached hydrogens (primary N) is 1. The molecule has 0 saturated carbocycles. The average Bonchev–Trinajstić information content (AvgIpc) is 2.52. The molecule has 0 unspecified atom stereocenters. The fourth-order valence-electron chi connectivity index (χ4n) is 2.34. The molecule has 0 fully saturated rings. The molecule has 0 spiro atoms. The lowest BCUT2D eigenvalue weighted by molar-refractivity contribution is 0.0757. The van der Waals surface area contributed by atoms with Gasteiger partial charge in [0.2, 0.25) is 0 Å². The van der Waals surface area contributed by atoms with E-state index in [1.807, 2.05) is 30.3 Å². The lowest BCUT2D eigenvalue weighted by Gasteiger charge is -2.22. The topological polar surface area (TPSA) is 46.3 Å². The van der Waals surface area contributed by atoms with Crippen molar-refractivity contribution < 1.29 is 9.18 Å². The van der Waals surface area contributed by atoms with Gasteiger partial charge in [0, 0.05) is 19.6 Å². The Kier molecular flexibility index (Phi) is 7.72. The number of carbonyl (C=O) groups is 1. The molecular formula is C18H22ClFN2O. The minimum absolute atomic E-state index is 0. The fraction of sp³-hybridized carbons (Fsp3) is 0.278. The monoisotopic (exact) mass is 336 g/mol. The molecule has 1 amide bonds. The van der Waals surface area contributed by atoms with Crippen LogP contribution >= 0.6 is 12.4 Å². The van der Waals surface area contributed by atoms with Crippen molar-refractivity contribution in [2.24, 2.45) is 5.73 Å². The molecule has 0 aliphatic rings. The maximum Gasteiger partial charge on any atom is 0.256 e. The number of hydrogen-bond donors (Lipinski definition) is 1. The van der Waals surface area contributed by atoms with Gasteiger partial charge in [0.1, 0.15) is 5.82 Å². The van der Waals surface area contributed by atoms with Crippen LogP contribution in [-0.2, 0) is 6.42 Å². The van der Waals surface area contributed by atoms with Gasteiger partial charge in [-0.15, -0.1) is 12.4 Å². The summed E-state index contributed by atoms with van der Waals surface area (Å²) >= 11 is 0. The molecule has 0 atom stereocenters. The Morgan fingerprint density at radius 3 is 2.43 bits per heavy atom. The Morgan fingerprint density at radius 1 is 1.13 bits per heavy atom. The van der Waals surface area contributed by atoms with Gasteiger partial charge in [-0.2, -0.15) is 0 Å². The van der Waals surface area contributed by atoms with E-state index in [0.717, 1.165) is 17.5 Å². The van der Waals surface area contributed by atoms with Gasteiger partial charge in [0.05, 0.1) is 5.56 Å². The third kappa shape index (κ3) is 5.34. The minimum Gasteiger partial charge on any atom is -0.337 e. The number of rotatable bonds is 6. The predicted molar refractivity (Wildman–Crippen MR) is 93.5 cm³/mol. The Labute approximate surface area is 142 Å². The molecule has 3 nitrogen and oxygen atoms in total. The summed E-state index contributed by atoms with van der Waals surface area (Å²) in [5.74, 6) is -0.786. The molecular weight excluding hydrogens is 315 g/mol. The van der Waals surface area contributed by atoms with Crippen molar-refractivity contribution in [2.45, 2.75) is 13.3 Å². The van der Waals surface area contributed by atoms with E-state index in [0.29, 0.717) is 19.6 Å². The van der Waals surface area contributed by atoms with Crippen LogP contribution < -0.4 is 5.73 Å². The molecule has 23 heavy (non-hydrogen) atoms. The number of aryl methyl sites for hydroxylation is 1. The SMILES string of the molecule is Cc1ccc(C(=O)N(CCN)CCc2ccccc2)c(F)c1.Cl. The van der Waals surface area contributed by atoms with E-state index in [-0.39, 0.29) is 23.9 Å². The number of amides is 1. The van der Waals surface area contributed by atoms with E-state index in [9.17, 15) is 9.18 Å². The van der Waals surface area contributed by atoms with Crippen LogP contribution in [0.1, 0.15) is 21.5 Å². The van der Waals surface area contributed by atoms with Gasteiger partial charge in [-0.25, -0.2) is 4.39 Å². The van der Waals surface area contributed by atoms with Gasteiger partial charge in [0.25, 0.3) is 5.91 Å². The Balaban J connectivity index is 0.00000264. The van der Waals surface area contributed by atoms with Crippen LogP contribution in [0, 0.1) is 12.7 Å². The second-order valence-corrected chi connectivity index (χ2v) is 5.30. The summed E-state index contributed by atoms with van der Waals surface area (Å²) in [6.07, 6.45) is 0.722. The third-order valence-electron chi connectivity index (χ3n) is 3.55. The summed E-state index contributed by atoms with van der Waals surface area (Å²) in [7, 11) is 0. The maximum atomic E-state index is 14.0. The first kappa shape index (κ1) is 19.1. The molecule has 0 radical (unpaired) electrons. The first-order chi connectivity index (χ1) is 10.6. The van der Waals surface area contributed by atoms with E-state index in [4.69, 9.17) is 5.73 Å². The highest BCUT2D eigenvalue weighted by Gasteiger charge is 2.18. The highest BCUT2D eigenvalue weighted by Crippen LogP contribution is 2.13. The number of benzene rings is 2. The van der Waals surface area contributed by atoms with Crippen LogP contribution in [-0.4, -0.2) is 30.4 Å². The smallest absolute Gasteiger partial charge is 0.256 e. The van der Waals surface area contributed by atoms with E-state index < -0.39 is 5.82 Å². The van der Waals surface area contributed by atoms with Gasteiger partial charge in [-0.3, -0.25) is 4.79 Å². The van der Waals surface area contributed by atoms with Crippen molar-refractivity contribution >= 4 is 18.3 Å². The third-order valence-corrected chi connectivity index (χ3v) is 3.55. The molecule has 124 valence electrons. The minimum atomic E-state index is -0.480. The average molecular weight is 337 g/mol. The van der Waals surface area contributed by atoms with E-state index in [1.54, 1.807) is 24.0 Å². The molecule has 0 saturated heterocycles. The van der Waals surface area contributed by atoms with Crippen LogP contribution in [0.25, 0.3) is 0 Å². The van der Waals surface area contributed by atoms with Gasteiger partial charge in [0.15, 0.2) is 0 Å². The summed E-state index contributed by atoms with van der Waals surface area (Å²) < 4.78 is 14.0. The molecule has 2 N–H and O–H groups in total. The number of nitrogens with zero attached hydrogens (tertiary/aromatic N) is 1. The molecule has 0 heterocycles. The predicted octanol–water partition coefficient (Wildman–Crippen LogP) is 3.20. The Bertz CT molecular complexity index is 634. The van der Waals surface area contributed by atoms with Gasteiger partial charge in [-0.1, -0.05) is 36.4 Å². The molecule has 5 heteroatoms. The molecule has 0 aromatic heterocycles. The van der Waals surface area contributed by atoms with Crippen molar-refractivity contribution in [3.05, 3.63) is 71.0 Å². The first-order valence-electron chi connectivity index (χ1n) is 7.41. The molecule has 2 rings (SSSR count). The van der Waals surface area contributed by atoms with Crippen molar-refractivity contribution in [1.29, 1.82) is 0 Å². The second kappa shape index (κ2) is 9.28. The summed E-state index contributed by atoms with van der Waals surface area (Å²) in [6, 6.07) is 14.6. The lowest BCUT2D eigenvalue weighted by Crippen LogP contribution is -2.37. The summed E-state index contributed by atoms with van der Waals surface area (Å²) in [4.78, 5) is 14.1. The number of carbonyl (C=O) groups excluding carboxylic acids is 1. The molecule has 0 aliphatic carbocycles. The quantitative estimate of drug-likeness (QED) is 0.880. The van der Waals surface area contributed by atoms with E-state index in [2.05, 4.69) is 0 Å². The van der Waals surface area contributed by atoms with Crippen molar-refractivity contribution in [1.82, 2.24) is 4.90 Å². The fourth-order valence-corrected chi connectivity index (χ4v) is 2.34. The van der Waals surface area contributed by atoms with Gasteiger partial charge >= 0.3 is 0 Å². The second-order valence-electron chi connectivity index (χ2n) is 5.30. The maximum absolute atomic E-state index is 14.0. The highest BCUT2D eigenvalue weighted by atomic mass is 35.5. The summed E-state index contributed by atoms with van der Waals surface area (Å²) in [5.41, 5.74) is 7.63. The lowest BCUT2D eigenvalue weighted by atomic mass is 10.1. The standard InChI is InChI=1S/C18H21FN2O.ClH/c1-14-7-8-16(17(19)13-14)18(22)21(12-10-20)11-9-15-5-3-2-4-6-15;/h2-8,13H,9-12,20H2,1H3;1H. The normalized spacial score (nSPS) is 10.0. The van der Waals surface area contributed by atoms with Crippen LogP contribution in [0.5, 0.6) is 0 Å². The molecule has 2 aromatic carbocycles. The van der Waals surface area contributed by atoms with Crippen molar-refractivity contribution in [3.63, 3.8) is 0 Å². The molecule has 0 bridgehead atoms. The molecule has 0 aliphatic heterocycles. The van der Waals surface area contributed by atoms with Crippen LogP contribution in [0.15, 0.2) is 48.5 Å². The van der Waals surface area contributed by atoms with E-state index >= 15 is 0 Å². The highest BCUT2D eigenvalue weighted by molar-refractivity contribution is 5.94. The zero-order chi connectivity index (χ0) is 15.9. The van der Waals surface area contributed by atoms with Gasteiger partial charge in [-0.05, 0) is 36.6 Å². The van der Waals surface area contributed by atoms with Crippen molar-refractivity contribution in [2.75, 3.05) is 19.6 Å². The van der Waals surface area contributed by atoms with E-state index in [1.165, 1.54) is 6.07 Å². The van der Waals surface area contributed by atoms with Crippen molar-refractivity contribution in [3.8, 4) is 0 Å². The first-order valence-corrected chi connectivity index (χ1v) is 7.41. The zero-order valence-corrected chi connectivity index (χ0v) is 14.0. The van der Waals surface area contributed by atoms with Gasteiger partial charge < -0.3 is 10.6 Å².